The van der Waals surface area contributed by atoms with Crippen LogP contribution in [0, 0.1) is 0 Å². The molecule has 3 nitrogen and oxygen atoms in total. The second-order valence-corrected chi connectivity index (χ2v) is 5.58. The van der Waals surface area contributed by atoms with E-state index in [0.717, 1.165) is 18.7 Å². The third kappa shape index (κ3) is 1.83. The fraction of sp³-hybridized carbons (Fsp3) is 0.533. The van der Waals surface area contributed by atoms with Crippen molar-refractivity contribution in [3.8, 4) is 0 Å². The molecular weight excluding hydrogens is 224 g/mol. The number of anilines is 1. The third-order valence-electron chi connectivity index (χ3n) is 4.44. The van der Waals surface area contributed by atoms with E-state index in [1.165, 1.54) is 30.4 Å². The predicted octanol–water partition coefficient (Wildman–Crippen LogP) is 2.21. The Balaban J connectivity index is 1.92. The molecule has 0 unspecified atom stereocenters. The molecule has 1 saturated carbocycles. The molecular formula is C15H20N2O. The van der Waals surface area contributed by atoms with Crippen LogP contribution < -0.4 is 10.6 Å². The summed E-state index contributed by atoms with van der Waals surface area (Å²) < 4.78 is 0. The first-order chi connectivity index (χ1) is 8.73. The number of nitrogens with one attached hydrogen (secondary N) is 2. The second kappa shape index (κ2) is 4.39. The van der Waals surface area contributed by atoms with Gasteiger partial charge >= 0.3 is 0 Å². The lowest BCUT2D eigenvalue weighted by atomic mass is 9.64. The van der Waals surface area contributed by atoms with Gasteiger partial charge in [0.05, 0.1) is 0 Å². The molecule has 0 bridgehead atoms. The maximum atomic E-state index is 11.4. The molecule has 0 aromatic heterocycles. The third-order valence-corrected chi connectivity index (χ3v) is 4.44. The molecule has 1 amide bonds. The zero-order valence-corrected chi connectivity index (χ0v) is 10.9. The fourth-order valence-electron chi connectivity index (χ4n) is 3.22. The van der Waals surface area contributed by atoms with E-state index >= 15 is 0 Å². The Morgan fingerprint density at radius 3 is 2.83 bits per heavy atom. The standard InChI is InChI=1S/C15H20N2O/c1-16-10-15(7-2-8-15)12-4-5-13-11(9-12)3-6-14(18)17-13/h4-5,9,16H,2-3,6-8,10H2,1H3,(H,17,18). The molecule has 1 heterocycles. The Labute approximate surface area is 108 Å². The quantitative estimate of drug-likeness (QED) is 0.856. The summed E-state index contributed by atoms with van der Waals surface area (Å²) in [7, 11) is 2.03. The van der Waals surface area contributed by atoms with Crippen molar-refractivity contribution in [2.75, 3.05) is 18.9 Å². The van der Waals surface area contributed by atoms with Crippen LogP contribution >= 0.6 is 0 Å². The van der Waals surface area contributed by atoms with Crippen molar-refractivity contribution in [1.82, 2.24) is 5.32 Å². The molecule has 96 valence electrons. The highest BCUT2D eigenvalue weighted by Gasteiger charge is 2.38. The van der Waals surface area contributed by atoms with E-state index in [0.29, 0.717) is 11.8 Å². The van der Waals surface area contributed by atoms with Gasteiger partial charge in [-0.05, 0) is 43.5 Å². The number of rotatable bonds is 3. The highest BCUT2D eigenvalue weighted by atomic mass is 16.1. The van der Waals surface area contributed by atoms with Gasteiger partial charge in [0.2, 0.25) is 5.91 Å². The lowest BCUT2D eigenvalue weighted by Crippen LogP contribution is -2.42. The van der Waals surface area contributed by atoms with Crippen LogP contribution in [-0.4, -0.2) is 19.5 Å². The number of carbonyl (C=O) groups excluding carboxylic acids is 1. The summed E-state index contributed by atoms with van der Waals surface area (Å²) in [6, 6.07) is 6.59. The van der Waals surface area contributed by atoms with E-state index in [-0.39, 0.29) is 5.91 Å². The van der Waals surface area contributed by atoms with Crippen molar-refractivity contribution in [2.45, 2.75) is 37.5 Å². The minimum atomic E-state index is 0.142. The maximum absolute atomic E-state index is 11.4. The van der Waals surface area contributed by atoms with Gasteiger partial charge < -0.3 is 10.6 Å². The van der Waals surface area contributed by atoms with E-state index in [1.54, 1.807) is 0 Å². The SMILES string of the molecule is CNCC1(c2ccc3c(c2)CCC(=O)N3)CCC1. The van der Waals surface area contributed by atoms with Gasteiger partial charge in [0.25, 0.3) is 0 Å². The number of hydrogen-bond acceptors (Lipinski definition) is 2. The summed E-state index contributed by atoms with van der Waals surface area (Å²) in [6.07, 6.45) is 5.38. The van der Waals surface area contributed by atoms with Gasteiger partial charge in [-0.2, -0.15) is 0 Å². The minimum Gasteiger partial charge on any atom is -0.326 e. The van der Waals surface area contributed by atoms with Gasteiger partial charge in [0.1, 0.15) is 0 Å². The number of amides is 1. The molecule has 1 fully saturated rings. The summed E-state index contributed by atoms with van der Waals surface area (Å²) >= 11 is 0. The van der Waals surface area contributed by atoms with E-state index in [2.05, 4.69) is 28.8 Å². The van der Waals surface area contributed by atoms with E-state index in [1.807, 2.05) is 7.05 Å². The average molecular weight is 244 g/mol. The monoisotopic (exact) mass is 244 g/mol. The number of likely N-dealkylation sites (N-methyl/N-ethyl adjacent to an activating group) is 1. The maximum Gasteiger partial charge on any atom is 0.224 e. The summed E-state index contributed by atoms with van der Waals surface area (Å²) in [5, 5.41) is 6.28. The van der Waals surface area contributed by atoms with Crippen molar-refractivity contribution in [1.29, 1.82) is 0 Å². The highest BCUT2D eigenvalue weighted by molar-refractivity contribution is 5.93. The second-order valence-electron chi connectivity index (χ2n) is 5.58. The number of fused-ring (bicyclic) bond motifs is 1. The van der Waals surface area contributed by atoms with Gasteiger partial charge in [-0.1, -0.05) is 18.6 Å². The molecule has 0 atom stereocenters. The van der Waals surface area contributed by atoms with Crippen molar-refractivity contribution >= 4 is 11.6 Å². The Bertz CT molecular complexity index is 477. The molecule has 1 aliphatic heterocycles. The van der Waals surface area contributed by atoms with Gasteiger partial charge in [0.15, 0.2) is 0 Å². The molecule has 2 N–H and O–H groups in total. The van der Waals surface area contributed by atoms with Gasteiger partial charge in [-0.3, -0.25) is 4.79 Å². The topological polar surface area (TPSA) is 41.1 Å². The molecule has 2 aliphatic rings. The molecule has 18 heavy (non-hydrogen) atoms. The molecule has 3 heteroatoms. The van der Waals surface area contributed by atoms with Crippen LogP contribution in [0.15, 0.2) is 18.2 Å². The fourth-order valence-corrected chi connectivity index (χ4v) is 3.22. The molecule has 1 aliphatic carbocycles. The first-order valence-electron chi connectivity index (χ1n) is 6.81. The lowest BCUT2D eigenvalue weighted by molar-refractivity contribution is -0.116. The Kier molecular flexibility index (Phi) is 2.86. The van der Waals surface area contributed by atoms with Gasteiger partial charge in [-0.25, -0.2) is 0 Å². The smallest absolute Gasteiger partial charge is 0.224 e. The molecule has 0 spiro atoms. The van der Waals surface area contributed by atoms with Crippen LogP contribution in [0.5, 0.6) is 0 Å². The van der Waals surface area contributed by atoms with Crippen LogP contribution in [0.3, 0.4) is 0 Å². The van der Waals surface area contributed by atoms with E-state index in [9.17, 15) is 4.79 Å². The van der Waals surface area contributed by atoms with Crippen molar-refractivity contribution in [3.05, 3.63) is 29.3 Å². The van der Waals surface area contributed by atoms with Crippen LogP contribution in [0.4, 0.5) is 5.69 Å². The number of benzene rings is 1. The van der Waals surface area contributed by atoms with E-state index in [4.69, 9.17) is 0 Å². The van der Waals surface area contributed by atoms with Crippen molar-refractivity contribution in [3.63, 3.8) is 0 Å². The lowest BCUT2D eigenvalue weighted by Gasteiger charge is -2.43. The number of hydrogen-bond donors (Lipinski definition) is 2. The van der Waals surface area contributed by atoms with Crippen molar-refractivity contribution in [2.24, 2.45) is 0 Å². The van der Waals surface area contributed by atoms with Crippen molar-refractivity contribution < 1.29 is 4.79 Å². The zero-order valence-electron chi connectivity index (χ0n) is 10.9. The normalized spacial score (nSPS) is 20.8. The van der Waals surface area contributed by atoms with E-state index < -0.39 is 0 Å². The minimum absolute atomic E-state index is 0.142. The van der Waals surface area contributed by atoms with Crippen LogP contribution in [0.25, 0.3) is 0 Å². The molecule has 0 radical (unpaired) electrons. The first kappa shape index (κ1) is 11.7. The van der Waals surface area contributed by atoms with Gasteiger partial charge in [0, 0.05) is 24.1 Å². The van der Waals surface area contributed by atoms with Crippen LogP contribution in [0.2, 0.25) is 0 Å². The molecule has 1 aromatic rings. The number of aryl methyl sites for hydroxylation is 1. The van der Waals surface area contributed by atoms with Crippen LogP contribution in [0.1, 0.15) is 36.8 Å². The Morgan fingerprint density at radius 2 is 2.17 bits per heavy atom. The number of carbonyl (C=O) groups is 1. The zero-order chi connectivity index (χ0) is 12.6. The summed E-state index contributed by atoms with van der Waals surface area (Å²) in [4.78, 5) is 11.4. The first-order valence-corrected chi connectivity index (χ1v) is 6.81. The summed E-state index contributed by atoms with van der Waals surface area (Å²) in [5.74, 6) is 0.142. The van der Waals surface area contributed by atoms with Gasteiger partial charge in [-0.15, -0.1) is 0 Å². The van der Waals surface area contributed by atoms with Crippen LogP contribution in [-0.2, 0) is 16.6 Å². The summed E-state index contributed by atoms with van der Waals surface area (Å²) in [5.41, 5.74) is 4.09. The molecule has 0 saturated heterocycles. The largest absolute Gasteiger partial charge is 0.326 e. The highest BCUT2D eigenvalue weighted by Crippen LogP contribution is 2.44. The molecule has 1 aromatic carbocycles. The average Bonchev–Trinajstić information content (AvgIpc) is 2.33. The Hall–Kier alpha value is -1.35. The summed E-state index contributed by atoms with van der Waals surface area (Å²) in [6.45, 7) is 1.05. The molecule has 3 rings (SSSR count). The Morgan fingerprint density at radius 1 is 1.33 bits per heavy atom. The predicted molar refractivity (Wildman–Crippen MR) is 72.8 cm³/mol.